The van der Waals surface area contributed by atoms with Crippen LogP contribution in [0.25, 0.3) is 0 Å². The fourth-order valence-electron chi connectivity index (χ4n) is 3.01. The Hall–Kier alpha value is -2.41. The lowest BCUT2D eigenvalue weighted by Gasteiger charge is -2.27. The van der Waals surface area contributed by atoms with E-state index in [1.54, 1.807) is 24.5 Å². The van der Waals surface area contributed by atoms with Crippen molar-refractivity contribution in [2.24, 2.45) is 4.99 Å². The number of nitrogens with two attached hydrogens (primary N) is 1. The predicted octanol–water partition coefficient (Wildman–Crippen LogP) is 2.31. The molecule has 0 radical (unpaired) electrons. The molecule has 2 aliphatic rings. The van der Waals surface area contributed by atoms with Crippen molar-refractivity contribution in [1.29, 1.82) is 5.41 Å². The van der Waals surface area contributed by atoms with Gasteiger partial charge in [-0.1, -0.05) is 0 Å². The van der Waals surface area contributed by atoms with Gasteiger partial charge in [0.2, 0.25) is 0 Å². The van der Waals surface area contributed by atoms with E-state index in [0.29, 0.717) is 42.2 Å². The van der Waals surface area contributed by atoms with E-state index in [0.717, 1.165) is 0 Å². The van der Waals surface area contributed by atoms with Crippen molar-refractivity contribution in [1.82, 2.24) is 10.2 Å². The minimum absolute atomic E-state index is 0.0370. The number of halogens is 1. The number of nitrogens with zero attached hydrogens (tertiary/aromatic N) is 2. The summed E-state index contributed by atoms with van der Waals surface area (Å²) in [6.45, 7) is 4.96. The molecule has 1 unspecified atom stereocenters. The minimum atomic E-state index is -0.794. The van der Waals surface area contributed by atoms with Crippen LogP contribution >= 0.6 is 0 Å². The molecule has 0 spiro atoms. The summed E-state index contributed by atoms with van der Waals surface area (Å²) in [4.78, 5) is 6.27. The lowest BCUT2D eigenvalue weighted by molar-refractivity contribution is 0.240. The van der Waals surface area contributed by atoms with Gasteiger partial charge in [0.1, 0.15) is 18.1 Å². The zero-order chi connectivity index (χ0) is 18.0. The molecule has 1 fully saturated rings. The van der Waals surface area contributed by atoms with Gasteiger partial charge in [0.25, 0.3) is 0 Å². The van der Waals surface area contributed by atoms with E-state index in [4.69, 9.17) is 15.9 Å². The molecule has 2 aliphatic heterocycles. The summed E-state index contributed by atoms with van der Waals surface area (Å²) in [6.07, 6.45) is 3.02. The quantitative estimate of drug-likeness (QED) is 0.564. The maximum absolute atomic E-state index is 13.5. The predicted molar refractivity (Wildman–Crippen MR) is 98.0 cm³/mol. The van der Waals surface area contributed by atoms with Gasteiger partial charge in [-0.2, -0.15) is 0 Å². The minimum Gasteiger partial charge on any atom is -0.491 e. The first-order valence-electron chi connectivity index (χ1n) is 8.48. The van der Waals surface area contributed by atoms with Gasteiger partial charge in [-0.15, -0.1) is 0 Å². The maximum Gasteiger partial charge on any atom is 0.120 e. The van der Waals surface area contributed by atoms with E-state index in [1.807, 2.05) is 24.8 Å². The van der Waals surface area contributed by atoms with Crippen LogP contribution in [0.5, 0.6) is 5.75 Å². The summed E-state index contributed by atoms with van der Waals surface area (Å²) in [5.41, 5.74) is 7.87. The molecule has 0 saturated carbocycles. The Morgan fingerprint density at radius 1 is 1.48 bits per heavy atom. The van der Waals surface area contributed by atoms with Gasteiger partial charge in [-0.3, -0.25) is 10.3 Å². The highest BCUT2D eigenvalue weighted by Gasteiger charge is 2.28. The molecule has 1 saturated heterocycles. The highest BCUT2D eigenvalue weighted by Crippen LogP contribution is 2.25. The van der Waals surface area contributed by atoms with E-state index in [9.17, 15) is 4.39 Å². The summed E-state index contributed by atoms with van der Waals surface area (Å²) in [7, 11) is 0. The monoisotopic (exact) mass is 345 g/mol. The summed E-state index contributed by atoms with van der Waals surface area (Å²) < 4.78 is 19.1. The molecular formula is C18H24FN5O. The molecule has 4 N–H and O–H groups in total. The number of hydrogen-bond acceptors (Lipinski definition) is 6. The highest BCUT2D eigenvalue weighted by atomic mass is 19.1. The molecule has 1 aromatic rings. The molecule has 7 heteroatoms. The number of aliphatic imine (C=N–C) groups is 1. The molecule has 25 heavy (non-hydrogen) atoms. The average molecular weight is 345 g/mol. The molecular weight excluding hydrogens is 321 g/mol. The van der Waals surface area contributed by atoms with Gasteiger partial charge in [0, 0.05) is 24.3 Å². The Balaban J connectivity index is 1.82. The number of rotatable bonds is 5. The molecule has 134 valence electrons. The Morgan fingerprint density at radius 3 is 2.96 bits per heavy atom. The van der Waals surface area contributed by atoms with Gasteiger partial charge in [-0.05, 0) is 44.5 Å². The summed E-state index contributed by atoms with van der Waals surface area (Å²) >= 11 is 0. The fourth-order valence-corrected chi connectivity index (χ4v) is 3.01. The Morgan fingerprint density at radius 2 is 2.28 bits per heavy atom. The molecule has 6 nitrogen and oxygen atoms in total. The molecule has 0 amide bonds. The number of ether oxygens (including phenoxy) is 1. The van der Waals surface area contributed by atoms with Gasteiger partial charge < -0.3 is 15.8 Å². The van der Waals surface area contributed by atoms with E-state index in [2.05, 4.69) is 10.3 Å². The van der Waals surface area contributed by atoms with Crippen LogP contribution in [0.4, 0.5) is 10.1 Å². The van der Waals surface area contributed by atoms with Crippen LogP contribution in [0.15, 0.2) is 35.0 Å². The van der Waals surface area contributed by atoms with Crippen molar-refractivity contribution in [3.05, 3.63) is 35.5 Å². The van der Waals surface area contributed by atoms with Crippen molar-refractivity contribution >= 4 is 17.7 Å². The number of nitrogens with one attached hydrogen (secondary N) is 2. The zero-order valence-electron chi connectivity index (χ0n) is 14.5. The van der Waals surface area contributed by atoms with E-state index >= 15 is 0 Å². The summed E-state index contributed by atoms with van der Waals surface area (Å²) in [5, 5.41) is 11.6. The Labute approximate surface area is 147 Å². The molecule has 0 aliphatic carbocycles. The maximum atomic E-state index is 13.5. The standard InChI is InChI=1S/C18H24FN5O/c1-11(2)25-13-3-4-15(20)14(7-13)18(21)16-8-17(23-10-22-16)24-6-5-12(19)9-24/h3-4,7-8,10-12,17,21H,5-6,9,20H2,1-2H3,(H,22,23)/t12-,17?/m1/s1. The van der Waals surface area contributed by atoms with Crippen molar-refractivity contribution in [2.75, 3.05) is 18.8 Å². The number of nitrogen functional groups attached to an aromatic ring is 1. The second-order valence-corrected chi connectivity index (χ2v) is 6.59. The highest BCUT2D eigenvalue weighted by molar-refractivity contribution is 6.14. The molecule has 0 aromatic heterocycles. The van der Waals surface area contributed by atoms with E-state index in [-0.39, 0.29) is 18.0 Å². The topological polar surface area (TPSA) is 86.7 Å². The number of benzene rings is 1. The Bertz CT molecular complexity index is 715. The first-order chi connectivity index (χ1) is 11.9. The molecule has 2 atom stereocenters. The van der Waals surface area contributed by atoms with Crippen molar-refractivity contribution in [3.63, 3.8) is 0 Å². The molecule has 3 rings (SSSR count). The Kier molecular flexibility index (Phi) is 5.03. The first-order valence-corrected chi connectivity index (χ1v) is 8.48. The smallest absolute Gasteiger partial charge is 0.120 e. The number of likely N-dealkylation sites (tertiary alicyclic amines) is 1. The second kappa shape index (κ2) is 7.23. The van der Waals surface area contributed by atoms with E-state index in [1.165, 1.54) is 0 Å². The molecule has 2 heterocycles. The SMILES string of the molecule is CC(C)Oc1ccc(N)c(C(=N)C2=CC(N3CC[C@@H](F)C3)NC=N2)c1. The van der Waals surface area contributed by atoms with Crippen LogP contribution < -0.4 is 15.8 Å². The van der Waals surface area contributed by atoms with Gasteiger partial charge in [-0.25, -0.2) is 9.38 Å². The first kappa shape index (κ1) is 17.4. The van der Waals surface area contributed by atoms with Crippen molar-refractivity contribution < 1.29 is 9.13 Å². The lowest BCUT2D eigenvalue weighted by atomic mass is 10.0. The normalized spacial score (nSPS) is 23.4. The van der Waals surface area contributed by atoms with Crippen molar-refractivity contribution in [2.45, 2.75) is 38.7 Å². The van der Waals surface area contributed by atoms with Crippen LogP contribution in [-0.4, -0.2) is 48.5 Å². The second-order valence-electron chi connectivity index (χ2n) is 6.59. The third-order valence-corrected chi connectivity index (χ3v) is 4.24. The van der Waals surface area contributed by atoms with Gasteiger partial charge in [0.05, 0.1) is 23.9 Å². The number of allylic oxidation sites excluding steroid dienone is 1. The lowest BCUT2D eigenvalue weighted by Crippen LogP contribution is -2.44. The third-order valence-electron chi connectivity index (χ3n) is 4.24. The largest absolute Gasteiger partial charge is 0.491 e. The molecule has 0 bridgehead atoms. The number of anilines is 1. The van der Waals surface area contributed by atoms with Crippen LogP contribution in [0.2, 0.25) is 0 Å². The molecule has 1 aromatic carbocycles. The third kappa shape index (κ3) is 3.99. The van der Waals surface area contributed by atoms with Crippen molar-refractivity contribution in [3.8, 4) is 5.75 Å². The van der Waals surface area contributed by atoms with E-state index < -0.39 is 6.17 Å². The average Bonchev–Trinajstić information content (AvgIpc) is 3.02. The van der Waals surface area contributed by atoms with Gasteiger partial charge in [0.15, 0.2) is 0 Å². The number of hydrogen-bond donors (Lipinski definition) is 3. The summed E-state index contributed by atoms with van der Waals surface area (Å²) in [6, 6.07) is 5.29. The van der Waals surface area contributed by atoms with Crippen LogP contribution in [0.3, 0.4) is 0 Å². The van der Waals surface area contributed by atoms with Gasteiger partial charge >= 0.3 is 0 Å². The zero-order valence-corrected chi connectivity index (χ0v) is 14.5. The van der Waals surface area contributed by atoms with Crippen LogP contribution in [0.1, 0.15) is 25.8 Å². The van der Waals surface area contributed by atoms with Crippen LogP contribution in [-0.2, 0) is 0 Å². The van der Waals surface area contributed by atoms with Crippen LogP contribution in [0, 0.1) is 5.41 Å². The number of alkyl halides is 1. The fraction of sp³-hybridized carbons (Fsp3) is 0.444. The summed E-state index contributed by atoms with van der Waals surface area (Å²) in [5.74, 6) is 0.666.